The highest BCUT2D eigenvalue weighted by atomic mass is 35.5. The first-order chi connectivity index (χ1) is 14.5. The van der Waals surface area contributed by atoms with Crippen LogP contribution in [-0.4, -0.2) is 40.4 Å². The van der Waals surface area contributed by atoms with Crippen LogP contribution in [0.3, 0.4) is 0 Å². The van der Waals surface area contributed by atoms with Gasteiger partial charge in [-0.1, -0.05) is 29.8 Å². The van der Waals surface area contributed by atoms with Crippen LogP contribution in [0, 0.1) is 0 Å². The van der Waals surface area contributed by atoms with E-state index in [0.717, 1.165) is 25.7 Å². The van der Waals surface area contributed by atoms with Crippen LogP contribution in [0.5, 0.6) is 0 Å². The number of fused-ring (bicyclic) bond motifs is 1. The maximum Gasteiger partial charge on any atom is 0.508 e. The van der Waals surface area contributed by atoms with Gasteiger partial charge < -0.3 is 19.8 Å². The maximum absolute atomic E-state index is 12.6. The predicted octanol–water partition coefficient (Wildman–Crippen LogP) is 4.57. The Kier molecular flexibility index (Phi) is 7.35. The lowest BCUT2D eigenvalue weighted by molar-refractivity contribution is 0.0218. The highest BCUT2D eigenvalue weighted by Crippen LogP contribution is 2.27. The molecule has 1 aliphatic carbocycles. The molecule has 31 heavy (non-hydrogen) atoms. The lowest BCUT2D eigenvalue weighted by Gasteiger charge is -2.28. The number of nitrogens with one attached hydrogen (secondary N) is 2. The molecule has 0 radical (unpaired) electrons. The van der Waals surface area contributed by atoms with Crippen LogP contribution >= 0.6 is 24.0 Å². The number of halogens is 2. The van der Waals surface area contributed by atoms with Gasteiger partial charge in [0.25, 0.3) is 5.56 Å². The zero-order chi connectivity index (χ0) is 21.1. The number of rotatable bonds is 4. The standard InChI is InChI=1S/C21H21ClN4O4.ClH/c1-29-21(28)30-14-8-6-13(7-9-14)24-20-23-11-12-10-16(19(27)25-18(12)26-20)15-4-2-3-5-17(15)22;/h2-5,10-11,13-14H,6-9H2,1H3,(H2,23,24,25,26,27);1H. The van der Waals surface area contributed by atoms with E-state index in [0.29, 0.717) is 33.1 Å². The van der Waals surface area contributed by atoms with E-state index in [-0.39, 0.29) is 30.1 Å². The number of anilines is 1. The van der Waals surface area contributed by atoms with Gasteiger partial charge in [-0.2, -0.15) is 4.98 Å². The van der Waals surface area contributed by atoms with Gasteiger partial charge in [0, 0.05) is 33.8 Å². The lowest BCUT2D eigenvalue weighted by Crippen LogP contribution is -2.31. The Morgan fingerprint density at radius 3 is 2.65 bits per heavy atom. The van der Waals surface area contributed by atoms with Gasteiger partial charge in [0.05, 0.1) is 7.11 Å². The van der Waals surface area contributed by atoms with Crippen molar-refractivity contribution in [2.45, 2.75) is 37.8 Å². The summed E-state index contributed by atoms with van der Waals surface area (Å²) in [5.74, 6) is 0.445. The fourth-order valence-electron chi connectivity index (χ4n) is 3.63. The molecule has 4 rings (SSSR count). The van der Waals surface area contributed by atoms with E-state index in [9.17, 15) is 9.59 Å². The Bertz CT molecular complexity index is 1130. The average Bonchev–Trinajstić information content (AvgIpc) is 2.75. The van der Waals surface area contributed by atoms with Crippen molar-refractivity contribution in [3.8, 4) is 11.1 Å². The summed E-state index contributed by atoms with van der Waals surface area (Å²) in [6.07, 6.45) is 3.98. The highest BCUT2D eigenvalue weighted by Gasteiger charge is 2.24. The molecule has 0 amide bonds. The van der Waals surface area contributed by atoms with E-state index in [1.165, 1.54) is 7.11 Å². The third kappa shape index (κ3) is 5.26. The number of nitrogens with zero attached hydrogens (tertiary/aromatic N) is 2. The Hall–Kier alpha value is -2.84. The van der Waals surface area contributed by atoms with E-state index >= 15 is 0 Å². The molecular weight excluding hydrogens is 443 g/mol. The first kappa shape index (κ1) is 22.8. The summed E-state index contributed by atoms with van der Waals surface area (Å²) in [5, 5.41) is 4.52. The molecule has 1 aromatic carbocycles. The van der Waals surface area contributed by atoms with Crippen LogP contribution < -0.4 is 10.9 Å². The number of carbonyl (C=O) groups is 1. The fourth-order valence-corrected chi connectivity index (χ4v) is 3.87. The minimum atomic E-state index is -0.649. The van der Waals surface area contributed by atoms with Gasteiger partial charge in [-0.3, -0.25) is 4.79 Å². The number of hydrogen-bond acceptors (Lipinski definition) is 7. The summed E-state index contributed by atoms with van der Waals surface area (Å²) < 4.78 is 9.73. The van der Waals surface area contributed by atoms with Crippen LogP contribution in [0.1, 0.15) is 25.7 Å². The number of methoxy groups -OCH3 is 1. The Balaban J connectivity index is 0.00000272. The van der Waals surface area contributed by atoms with Gasteiger partial charge in [0.2, 0.25) is 5.95 Å². The van der Waals surface area contributed by atoms with Crippen LogP contribution in [0.25, 0.3) is 22.2 Å². The number of pyridine rings is 1. The second-order valence-electron chi connectivity index (χ2n) is 7.18. The predicted molar refractivity (Wildman–Crippen MR) is 121 cm³/mol. The van der Waals surface area contributed by atoms with E-state index in [2.05, 4.69) is 25.0 Å². The zero-order valence-corrected chi connectivity index (χ0v) is 18.3. The number of benzene rings is 1. The van der Waals surface area contributed by atoms with Gasteiger partial charge in [-0.25, -0.2) is 9.78 Å². The summed E-state index contributed by atoms with van der Waals surface area (Å²) in [4.78, 5) is 35.5. The number of carbonyl (C=O) groups excluding carboxylic acids is 1. The SMILES string of the molecule is COC(=O)OC1CCC(Nc2ncc3cc(-c4ccccc4Cl)c(=O)[nH]c3n2)CC1.Cl. The molecule has 0 saturated heterocycles. The third-order valence-corrected chi connectivity index (χ3v) is 5.52. The number of hydrogen-bond donors (Lipinski definition) is 2. The third-order valence-electron chi connectivity index (χ3n) is 5.19. The van der Waals surface area contributed by atoms with Crippen molar-refractivity contribution in [1.82, 2.24) is 15.0 Å². The fraction of sp³-hybridized carbons (Fsp3) is 0.333. The molecule has 0 unspecified atom stereocenters. The van der Waals surface area contributed by atoms with E-state index in [1.54, 1.807) is 24.4 Å². The van der Waals surface area contributed by atoms with Crippen LogP contribution in [-0.2, 0) is 9.47 Å². The van der Waals surface area contributed by atoms with Crippen molar-refractivity contribution in [3.05, 3.63) is 51.9 Å². The van der Waals surface area contributed by atoms with E-state index in [1.807, 2.05) is 12.1 Å². The zero-order valence-electron chi connectivity index (χ0n) is 16.8. The number of ether oxygens (including phenoxy) is 2. The van der Waals surface area contributed by atoms with Crippen molar-refractivity contribution in [1.29, 1.82) is 0 Å². The van der Waals surface area contributed by atoms with Gasteiger partial charge in [-0.15, -0.1) is 12.4 Å². The van der Waals surface area contributed by atoms with Crippen LogP contribution in [0.4, 0.5) is 10.7 Å². The molecule has 2 aromatic heterocycles. The molecule has 0 spiro atoms. The Morgan fingerprint density at radius 1 is 1.19 bits per heavy atom. The normalized spacial score (nSPS) is 18.1. The Morgan fingerprint density at radius 2 is 1.94 bits per heavy atom. The van der Waals surface area contributed by atoms with Crippen molar-refractivity contribution in [2.24, 2.45) is 0 Å². The second kappa shape index (κ2) is 9.98. The largest absolute Gasteiger partial charge is 0.508 e. The van der Waals surface area contributed by atoms with Crippen molar-refractivity contribution >= 4 is 47.1 Å². The number of H-pyrrole nitrogens is 1. The van der Waals surface area contributed by atoms with Crippen LogP contribution in [0.15, 0.2) is 41.3 Å². The van der Waals surface area contributed by atoms with Gasteiger partial charge >= 0.3 is 6.16 Å². The molecule has 1 saturated carbocycles. The van der Waals surface area contributed by atoms with Gasteiger partial charge in [-0.05, 0) is 37.8 Å². The molecule has 2 N–H and O–H groups in total. The van der Waals surface area contributed by atoms with E-state index in [4.69, 9.17) is 16.3 Å². The van der Waals surface area contributed by atoms with E-state index < -0.39 is 6.16 Å². The van der Waals surface area contributed by atoms with Crippen molar-refractivity contribution in [3.63, 3.8) is 0 Å². The number of aromatic amines is 1. The molecule has 3 aromatic rings. The molecular formula is C21H22Cl2N4O4. The highest BCUT2D eigenvalue weighted by molar-refractivity contribution is 6.33. The summed E-state index contributed by atoms with van der Waals surface area (Å²) in [6.45, 7) is 0. The minimum absolute atomic E-state index is 0. The van der Waals surface area contributed by atoms with Crippen molar-refractivity contribution < 1.29 is 14.3 Å². The smallest absolute Gasteiger partial charge is 0.438 e. The second-order valence-corrected chi connectivity index (χ2v) is 7.59. The summed E-state index contributed by atoms with van der Waals surface area (Å²) in [7, 11) is 1.30. The maximum atomic E-state index is 12.6. The quantitative estimate of drug-likeness (QED) is 0.544. The molecule has 0 bridgehead atoms. The molecule has 1 fully saturated rings. The molecule has 1 aliphatic rings. The monoisotopic (exact) mass is 464 g/mol. The summed E-state index contributed by atoms with van der Waals surface area (Å²) >= 11 is 6.23. The first-order valence-corrected chi connectivity index (χ1v) is 10.1. The molecule has 164 valence electrons. The lowest BCUT2D eigenvalue weighted by atomic mass is 9.93. The average molecular weight is 465 g/mol. The van der Waals surface area contributed by atoms with Crippen LogP contribution in [0.2, 0.25) is 5.02 Å². The topological polar surface area (TPSA) is 106 Å². The summed E-state index contributed by atoms with van der Waals surface area (Å²) in [5.41, 5.74) is 1.33. The Labute approximate surface area is 189 Å². The molecule has 8 nitrogen and oxygen atoms in total. The minimum Gasteiger partial charge on any atom is -0.438 e. The molecule has 0 aliphatic heterocycles. The first-order valence-electron chi connectivity index (χ1n) is 9.69. The molecule has 10 heteroatoms. The van der Waals surface area contributed by atoms with Crippen molar-refractivity contribution in [2.75, 3.05) is 12.4 Å². The molecule has 2 heterocycles. The summed E-state index contributed by atoms with van der Waals surface area (Å²) in [6, 6.07) is 9.10. The van der Waals surface area contributed by atoms with Gasteiger partial charge in [0.15, 0.2) is 0 Å². The molecule has 0 atom stereocenters. The van der Waals surface area contributed by atoms with Gasteiger partial charge in [0.1, 0.15) is 11.8 Å². The number of aromatic nitrogens is 3.